The van der Waals surface area contributed by atoms with Gasteiger partial charge in [-0.15, -0.1) is 0 Å². The first kappa shape index (κ1) is 13.4. The van der Waals surface area contributed by atoms with Crippen LogP contribution in [0.5, 0.6) is 0 Å². The van der Waals surface area contributed by atoms with Gasteiger partial charge in [0.2, 0.25) is 5.91 Å². The van der Waals surface area contributed by atoms with E-state index in [4.69, 9.17) is 5.73 Å². The van der Waals surface area contributed by atoms with Crippen molar-refractivity contribution >= 4 is 5.91 Å². The predicted molar refractivity (Wildman–Crippen MR) is 60.0 cm³/mol. The standard InChI is InChI=1S/C11H24N2O/c1-6-9(7-2)13(5)10(14)11(4,12)8-3/h9H,6-8,12H2,1-5H3. The fourth-order valence-corrected chi connectivity index (χ4v) is 1.56. The maximum atomic E-state index is 12.0. The lowest BCUT2D eigenvalue weighted by molar-refractivity contribution is -0.137. The summed E-state index contributed by atoms with van der Waals surface area (Å²) in [5.74, 6) is 0.0497. The Morgan fingerprint density at radius 3 is 2.07 bits per heavy atom. The average molecular weight is 200 g/mol. The molecule has 3 heteroatoms. The van der Waals surface area contributed by atoms with Gasteiger partial charge >= 0.3 is 0 Å². The molecule has 0 fully saturated rings. The quantitative estimate of drug-likeness (QED) is 0.735. The fraction of sp³-hybridized carbons (Fsp3) is 0.909. The second-order valence-corrected chi connectivity index (χ2v) is 4.16. The molecule has 1 unspecified atom stereocenters. The minimum absolute atomic E-state index is 0.0497. The number of carbonyl (C=O) groups is 1. The maximum absolute atomic E-state index is 12.0. The number of rotatable bonds is 5. The largest absolute Gasteiger partial charge is 0.341 e. The number of nitrogens with two attached hydrogens (primary N) is 1. The number of likely N-dealkylation sites (N-methyl/N-ethyl adjacent to an activating group) is 1. The van der Waals surface area contributed by atoms with Crippen molar-refractivity contribution in [2.45, 2.75) is 58.5 Å². The molecule has 0 heterocycles. The van der Waals surface area contributed by atoms with Gasteiger partial charge in [0.05, 0.1) is 5.54 Å². The van der Waals surface area contributed by atoms with E-state index in [1.807, 2.05) is 14.0 Å². The number of amides is 1. The van der Waals surface area contributed by atoms with Gasteiger partial charge in [-0.3, -0.25) is 4.79 Å². The van der Waals surface area contributed by atoms with E-state index in [2.05, 4.69) is 13.8 Å². The van der Waals surface area contributed by atoms with Crippen LogP contribution in [0.3, 0.4) is 0 Å². The highest BCUT2D eigenvalue weighted by Gasteiger charge is 2.31. The van der Waals surface area contributed by atoms with Crippen LogP contribution >= 0.6 is 0 Å². The Labute approximate surface area is 87.6 Å². The molecule has 0 saturated heterocycles. The molecular formula is C11H24N2O. The Balaban J connectivity index is 4.52. The summed E-state index contributed by atoms with van der Waals surface area (Å²) in [6.45, 7) is 7.93. The van der Waals surface area contributed by atoms with Gasteiger partial charge in [-0.05, 0) is 26.2 Å². The molecule has 2 N–H and O–H groups in total. The fourth-order valence-electron chi connectivity index (χ4n) is 1.56. The van der Waals surface area contributed by atoms with Gasteiger partial charge in [-0.25, -0.2) is 0 Å². The van der Waals surface area contributed by atoms with Crippen LogP contribution in [-0.2, 0) is 4.79 Å². The van der Waals surface area contributed by atoms with Gasteiger partial charge in [0, 0.05) is 13.1 Å². The van der Waals surface area contributed by atoms with Crippen LogP contribution < -0.4 is 5.73 Å². The van der Waals surface area contributed by atoms with Crippen LogP contribution in [0.1, 0.15) is 47.0 Å². The summed E-state index contributed by atoms with van der Waals surface area (Å²) in [7, 11) is 1.85. The average Bonchev–Trinajstić information content (AvgIpc) is 2.18. The minimum atomic E-state index is -0.711. The van der Waals surface area contributed by atoms with E-state index >= 15 is 0 Å². The smallest absolute Gasteiger partial charge is 0.242 e. The van der Waals surface area contributed by atoms with Gasteiger partial charge in [-0.1, -0.05) is 20.8 Å². The summed E-state index contributed by atoms with van der Waals surface area (Å²) in [6.07, 6.45) is 2.65. The van der Waals surface area contributed by atoms with Crippen molar-refractivity contribution in [1.82, 2.24) is 4.90 Å². The SMILES string of the molecule is CCC(CC)N(C)C(=O)C(C)(N)CC. The van der Waals surface area contributed by atoms with Crippen LogP contribution in [-0.4, -0.2) is 29.4 Å². The molecule has 0 aromatic carbocycles. The molecule has 14 heavy (non-hydrogen) atoms. The van der Waals surface area contributed by atoms with Gasteiger partial charge in [0.1, 0.15) is 0 Å². The summed E-state index contributed by atoms with van der Waals surface area (Å²) in [4.78, 5) is 13.8. The molecule has 0 aliphatic carbocycles. The van der Waals surface area contributed by atoms with Gasteiger partial charge in [0.25, 0.3) is 0 Å². The first-order valence-corrected chi connectivity index (χ1v) is 5.46. The first-order valence-electron chi connectivity index (χ1n) is 5.46. The molecule has 0 aliphatic rings. The van der Waals surface area contributed by atoms with E-state index in [0.717, 1.165) is 12.8 Å². The third-order valence-corrected chi connectivity index (χ3v) is 3.03. The second-order valence-electron chi connectivity index (χ2n) is 4.16. The number of hydrogen-bond donors (Lipinski definition) is 1. The van der Waals surface area contributed by atoms with Crippen LogP contribution in [0.25, 0.3) is 0 Å². The van der Waals surface area contributed by atoms with Crippen molar-refractivity contribution in [1.29, 1.82) is 0 Å². The molecule has 3 nitrogen and oxygen atoms in total. The van der Waals surface area contributed by atoms with Gasteiger partial charge in [0.15, 0.2) is 0 Å². The van der Waals surface area contributed by atoms with Crippen LogP contribution in [0.15, 0.2) is 0 Å². The lowest BCUT2D eigenvalue weighted by Crippen LogP contribution is -2.54. The topological polar surface area (TPSA) is 46.3 Å². The highest BCUT2D eigenvalue weighted by Crippen LogP contribution is 2.14. The predicted octanol–water partition coefficient (Wildman–Crippen LogP) is 1.76. The van der Waals surface area contributed by atoms with E-state index in [1.165, 1.54) is 0 Å². The molecule has 0 rings (SSSR count). The van der Waals surface area contributed by atoms with Crippen molar-refractivity contribution in [3.63, 3.8) is 0 Å². The third-order valence-electron chi connectivity index (χ3n) is 3.03. The molecule has 0 aromatic rings. The molecule has 0 bridgehead atoms. The Morgan fingerprint density at radius 2 is 1.79 bits per heavy atom. The third kappa shape index (κ3) is 2.98. The summed E-state index contributed by atoms with van der Waals surface area (Å²) < 4.78 is 0. The van der Waals surface area contributed by atoms with E-state index in [9.17, 15) is 4.79 Å². The Kier molecular flexibility index (Phi) is 5.13. The zero-order valence-electron chi connectivity index (χ0n) is 10.1. The number of nitrogens with zero attached hydrogens (tertiary/aromatic N) is 1. The lowest BCUT2D eigenvalue weighted by Gasteiger charge is -2.33. The summed E-state index contributed by atoms with van der Waals surface area (Å²) in [5, 5.41) is 0. The Hall–Kier alpha value is -0.570. The van der Waals surface area contributed by atoms with E-state index < -0.39 is 5.54 Å². The lowest BCUT2D eigenvalue weighted by atomic mass is 9.97. The Morgan fingerprint density at radius 1 is 1.36 bits per heavy atom. The van der Waals surface area contributed by atoms with Crippen LogP contribution in [0.2, 0.25) is 0 Å². The second kappa shape index (κ2) is 5.35. The number of carbonyl (C=O) groups excluding carboxylic acids is 1. The Bertz CT molecular complexity index is 186. The van der Waals surface area contributed by atoms with Gasteiger partial charge < -0.3 is 10.6 Å². The summed E-state index contributed by atoms with van der Waals surface area (Å²) >= 11 is 0. The van der Waals surface area contributed by atoms with Crippen molar-refractivity contribution < 1.29 is 4.79 Å². The number of hydrogen-bond acceptors (Lipinski definition) is 2. The molecule has 0 aromatic heterocycles. The molecule has 0 saturated carbocycles. The zero-order valence-corrected chi connectivity index (χ0v) is 10.1. The van der Waals surface area contributed by atoms with Crippen molar-refractivity contribution in [2.24, 2.45) is 5.73 Å². The van der Waals surface area contributed by atoms with E-state index in [-0.39, 0.29) is 5.91 Å². The van der Waals surface area contributed by atoms with Crippen LogP contribution in [0.4, 0.5) is 0 Å². The monoisotopic (exact) mass is 200 g/mol. The molecular weight excluding hydrogens is 176 g/mol. The zero-order chi connectivity index (χ0) is 11.4. The molecule has 1 atom stereocenters. The molecule has 0 spiro atoms. The van der Waals surface area contributed by atoms with Crippen LogP contribution in [0, 0.1) is 0 Å². The molecule has 0 radical (unpaired) electrons. The highest BCUT2D eigenvalue weighted by molar-refractivity contribution is 5.85. The van der Waals surface area contributed by atoms with E-state index in [0.29, 0.717) is 12.5 Å². The van der Waals surface area contributed by atoms with E-state index in [1.54, 1.807) is 11.8 Å². The molecule has 1 amide bonds. The van der Waals surface area contributed by atoms with Crippen molar-refractivity contribution in [3.8, 4) is 0 Å². The van der Waals surface area contributed by atoms with Crippen molar-refractivity contribution in [3.05, 3.63) is 0 Å². The summed E-state index contributed by atoms with van der Waals surface area (Å²) in [6, 6.07) is 0.317. The minimum Gasteiger partial charge on any atom is -0.341 e. The normalized spacial score (nSPS) is 15.4. The molecule has 84 valence electrons. The highest BCUT2D eigenvalue weighted by atomic mass is 16.2. The first-order chi connectivity index (χ1) is 6.40. The van der Waals surface area contributed by atoms with Gasteiger partial charge in [-0.2, -0.15) is 0 Å². The van der Waals surface area contributed by atoms with Crippen molar-refractivity contribution in [2.75, 3.05) is 7.05 Å². The summed E-state index contributed by atoms with van der Waals surface area (Å²) in [5.41, 5.74) is 5.21. The maximum Gasteiger partial charge on any atom is 0.242 e. The molecule has 0 aliphatic heterocycles.